The molecule has 0 aromatic carbocycles. The first kappa shape index (κ1) is 19.1. The van der Waals surface area contributed by atoms with E-state index < -0.39 is 0 Å². The van der Waals surface area contributed by atoms with Crippen LogP contribution in [-0.4, -0.2) is 36.6 Å². The summed E-state index contributed by atoms with van der Waals surface area (Å²) < 4.78 is 0. The average Bonchev–Trinajstić information content (AvgIpc) is 2.74. The summed E-state index contributed by atoms with van der Waals surface area (Å²) in [5.74, 6) is 0.932. The predicted molar refractivity (Wildman–Crippen MR) is 87.9 cm³/mol. The van der Waals surface area contributed by atoms with E-state index in [1.54, 1.807) is 11.3 Å². The Morgan fingerprint density at radius 1 is 1.37 bits per heavy atom. The van der Waals surface area contributed by atoms with Crippen molar-refractivity contribution in [2.45, 2.75) is 32.7 Å². The van der Waals surface area contributed by atoms with E-state index in [1.807, 2.05) is 5.51 Å². The Bertz CT molecular complexity index is 340. The summed E-state index contributed by atoms with van der Waals surface area (Å²) in [4.78, 5) is 8.15. The van der Waals surface area contributed by atoms with Gasteiger partial charge in [0.2, 0.25) is 0 Å². The first-order valence-corrected chi connectivity index (χ1v) is 7.42. The number of aromatic nitrogens is 1. The lowest BCUT2D eigenvalue weighted by atomic mass is 9.94. The molecule has 1 N–H and O–H groups in total. The van der Waals surface area contributed by atoms with Crippen LogP contribution in [0.1, 0.15) is 29.8 Å². The molecule has 19 heavy (non-hydrogen) atoms. The zero-order chi connectivity index (χ0) is 12.1. The molecule has 1 aromatic heterocycles. The Hall–Kier alpha value is 0.130. The third-order valence-electron chi connectivity index (χ3n) is 3.64. The van der Waals surface area contributed by atoms with Gasteiger partial charge in [-0.1, -0.05) is 0 Å². The van der Waals surface area contributed by atoms with Crippen molar-refractivity contribution in [3.63, 3.8) is 0 Å². The van der Waals surface area contributed by atoms with Crippen LogP contribution < -0.4 is 5.32 Å². The monoisotopic (exact) mass is 325 g/mol. The number of nitrogens with zero attached hydrogens (tertiary/aromatic N) is 2. The van der Waals surface area contributed by atoms with Gasteiger partial charge in [-0.05, 0) is 58.8 Å². The van der Waals surface area contributed by atoms with Crippen molar-refractivity contribution in [2.24, 2.45) is 5.92 Å². The van der Waals surface area contributed by atoms with Gasteiger partial charge in [0.1, 0.15) is 0 Å². The van der Waals surface area contributed by atoms with Crippen molar-refractivity contribution in [3.05, 3.63) is 16.1 Å². The highest BCUT2D eigenvalue weighted by Gasteiger charge is 2.14. The zero-order valence-corrected chi connectivity index (χ0v) is 14.2. The summed E-state index contributed by atoms with van der Waals surface area (Å²) in [6.45, 7) is 6.79. The van der Waals surface area contributed by atoms with E-state index in [1.165, 1.54) is 49.5 Å². The summed E-state index contributed by atoms with van der Waals surface area (Å²) in [5.41, 5.74) is 3.15. The van der Waals surface area contributed by atoms with Crippen LogP contribution in [0.3, 0.4) is 0 Å². The number of hydrogen-bond donors (Lipinski definition) is 1. The molecule has 1 fully saturated rings. The van der Waals surface area contributed by atoms with Crippen LogP contribution in [0.25, 0.3) is 0 Å². The minimum Gasteiger partial charge on any atom is -0.317 e. The molecule has 0 saturated carbocycles. The molecule has 1 aromatic rings. The second-order valence-corrected chi connectivity index (χ2v) is 6.02. The van der Waals surface area contributed by atoms with Gasteiger partial charge in [0.25, 0.3) is 0 Å². The molecule has 1 saturated heterocycles. The van der Waals surface area contributed by atoms with Gasteiger partial charge in [0.15, 0.2) is 0 Å². The van der Waals surface area contributed by atoms with Crippen molar-refractivity contribution in [3.8, 4) is 0 Å². The predicted octanol–water partition coefficient (Wildman–Crippen LogP) is 3.12. The summed E-state index contributed by atoms with van der Waals surface area (Å²) in [6.07, 6.45) is 4.05. The van der Waals surface area contributed by atoms with E-state index >= 15 is 0 Å². The fourth-order valence-electron chi connectivity index (χ4n) is 2.38. The van der Waals surface area contributed by atoms with E-state index in [0.717, 1.165) is 12.5 Å². The molecule has 112 valence electrons. The van der Waals surface area contributed by atoms with Gasteiger partial charge in [-0.2, -0.15) is 0 Å². The van der Waals surface area contributed by atoms with Crippen LogP contribution in [0.4, 0.5) is 0 Å². The van der Waals surface area contributed by atoms with E-state index in [2.05, 4.69) is 29.2 Å². The molecular weight excluding hydrogens is 301 g/mol. The first-order valence-electron chi connectivity index (χ1n) is 6.54. The van der Waals surface area contributed by atoms with Crippen LogP contribution in [0.15, 0.2) is 5.51 Å². The van der Waals surface area contributed by atoms with Crippen molar-refractivity contribution in [2.75, 3.05) is 26.7 Å². The second-order valence-electron chi connectivity index (χ2n) is 5.08. The quantitative estimate of drug-likeness (QED) is 0.901. The molecule has 0 spiro atoms. The van der Waals surface area contributed by atoms with Gasteiger partial charge in [-0.15, -0.1) is 36.2 Å². The number of rotatable bonds is 5. The van der Waals surface area contributed by atoms with Crippen molar-refractivity contribution >= 4 is 36.2 Å². The van der Waals surface area contributed by atoms with E-state index in [9.17, 15) is 0 Å². The lowest BCUT2D eigenvalue weighted by Gasteiger charge is -2.25. The standard InChI is InChI=1S/C13H23N3S.2ClH/c1-11-13(17-10-15-11)9-16(2)8-5-12-3-6-14-7-4-12;;/h10,12,14H,3-9H2,1-2H3;2*1H. The van der Waals surface area contributed by atoms with E-state index in [-0.39, 0.29) is 24.8 Å². The number of piperidine rings is 1. The number of nitrogens with one attached hydrogen (secondary N) is 1. The lowest BCUT2D eigenvalue weighted by Crippen LogP contribution is -2.30. The molecule has 2 rings (SSSR count). The highest BCUT2D eigenvalue weighted by Crippen LogP contribution is 2.18. The molecule has 0 atom stereocenters. The zero-order valence-electron chi connectivity index (χ0n) is 11.7. The molecule has 1 aliphatic rings. The molecule has 0 aliphatic carbocycles. The maximum Gasteiger partial charge on any atom is 0.0798 e. The molecule has 0 unspecified atom stereocenters. The third kappa shape index (κ3) is 6.41. The van der Waals surface area contributed by atoms with Crippen LogP contribution in [-0.2, 0) is 6.54 Å². The van der Waals surface area contributed by atoms with Gasteiger partial charge >= 0.3 is 0 Å². The summed E-state index contributed by atoms with van der Waals surface area (Å²) >= 11 is 1.78. The largest absolute Gasteiger partial charge is 0.317 e. The van der Waals surface area contributed by atoms with Crippen LogP contribution in [0.2, 0.25) is 0 Å². The smallest absolute Gasteiger partial charge is 0.0798 e. The van der Waals surface area contributed by atoms with Gasteiger partial charge in [0.05, 0.1) is 11.2 Å². The fourth-order valence-corrected chi connectivity index (χ4v) is 3.23. The van der Waals surface area contributed by atoms with Crippen LogP contribution in [0.5, 0.6) is 0 Å². The Kier molecular flexibility index (Phi) is 10.0. The van der Waals surface area contributed by atoms with Crippen molar-refractivity contribution in [1.82, 2.24) is 15.2 Å². The maximum absolute atomic E-state index is 4.30. The summed E-state index contributed by atoms with van der Waals surface area (Å²) in [5, 5.41) is 3.43. The molecule has 0 bridgehead atoms. The Labute approximate surface area is 133 Å². The number of thiazole rings is 1. The van der Waals surface area contributed by atoms with Gasteiger partial charge in [-0.25, -0.2) is 4.98 Å². The maximum atomic E-state index is 4.30. The fraction of sp³-hybridized carbons (Fsp3) is 0.769. The highest BCUT2D eigenvalue weighted by atomic mass is 35.5. The summed E-state index contributed by atoms with van der Waals surface area (Å²) in [6, 6.07) is 0. The van der Waals surface area contributed by atoms with Gasteiger partial charge in [-0.3, -0.25) is 0 Å². The first-order chi connectivity index (χ1) is 8.25. The molecular formula is C13H25Cl2N3S. The third-order valence-corrected chi connectivity index (χ3v) is 4.56. The van der Waals surface area contributed by atoms with E-state index in [4.69, 9.17) is 0 Å². The Morgan fingerprint density at radius 3 is 2.63 bits per heavy atom. The number of hydrogen-bond acceptors (Lipinski definition) is 4. The number of halogens is 2. The van der Waals surface area contributed by atoms with Gasteiger partial charge < -0.3 is 10.2 Å². The number of aryl methyl sites for hydroxylation is 1. The Balaban J connectivity index is 0.00000162. The van der Waals surface area contributed by atoms with Crippen LogP contribution in [0, 0.1) is 12.8 Å². The van der Waals surface area contributed by atoms with Crippen molar-refractivity contribution in [1.29, 1.82) is 0 Å². The summed E-state index contributed by atoms with van der Waals surface area (Å²) in [7, 11) is 2.22. The molecule has 1 aliphatic heterocycles. The SMILES string of the molecule is Cc1ncsc1CN(C)CCC1CCNCC1.Cl.Cl. The van der Waals surface area contributed by atoms with Crippen LogP contribution >= 0.6 is 36.2 Å². The van der Waals surface area contributed by atoms with Crippen molar-refractivity contribution < 1.29 is 0 Å². The highest BCUT2D eigenvalue weighted by molar-refractivity contribution is 7.09. The molecule has 6 heteroatoms. The molecule has 2 heterocycles. The topological polar surface area (TPSA) is 28.2 Å². The van der Waals surface area contributed by atoms with E-state index in [0.29, 0.717) is 0 Å². The molecule has 3 nitrogen and oxygen atoms in total. The Morgan fingerprint density at radius 2 is 2.05 bits per heavy atom. The average molecular weight is 326 g/mol. The second kappa shape index (κ2) is 9.94. The normalized spacial score (nSPS) is 15.9. The molecule has 0 amide bonds. The lowest BCUT2D eigenvalue weighted by molar-refractivity contribution is 0.267. The molecule has 0 radical (unpaired) electrons. The minimum absolute atomic E-state index is 0. The minimum atomic E-state index is 0. The van der Waals surface area contributed by atoms with Gasteiger partial charge in [0, 0.05) is 11.4 Å².